The SMILES string of the molecule is Cl.O=c1c(-c2nn[nH]n2)cccn1C[C@@H]1CNCCO[C@H]1c1ccc(Cl)c(F)c1. The Kier molecular flexibility index (Phi) is 6.96. The molecule has 2 atom stereocenters. The molecule has 0 aliphatic carbocycles. The molecular weight excluding hydrogens is 422 g/mol. The summed E-state index contributed by atoms with van der Waals surface area (Å²) in [5.74, 6) is -0.345. The first kappa shape index (κ1) is 21.4. The Bertz CT molecular complexity index is 1010. The lowest BCUT2D eigenvalue weighted by molar-refractivity contribution is 0.0249. The van der Waals surface area contributed by atoms with Crippen molar-refractivity contribution in [1.29, 1.82) is 0 Å². The number of H-pyrrole nitrogens is 1. The van der Waals surface area contributed by atoms with Crippen LogP contribution >= 0.6 is 24.0 Å². The fraction of sp³-hybridized carbons (Fsp3) is 0.333. The third kappa shape index (κ3) is 4.64. The smallest absolute Gasteiger partial charge is 0.261 e. The highest BCUT2D eigenvalue weighted by Crippen LogP contribution is 2.30. The van der Waals surface area contributed by atoms with Crippen molar-refractivity contribution in [3.8, 4) is 11.4 Å². The number of aromatic nitrogens is 5. The third-order valence-corrected chi connectivity index (χ3v) is 5.03. The zero-order valence-electron chi connectivity index (χ0n) is 15.2. The molecule has 1 aliphatic heterocycles. The first-order chi connectivity index (χ1) is 13.6. The van der Waals surface area contributed by atoms with Crippen molar-refractivity contribution in [2.45, 2.75) is 12.6 Å². The van der Waals surface area contributed by atoms with E-state index in [1.807, 2.05) is 0 Å². The van der Waals surface area contributed by atoms with Gasteiger partial charge in [0.25, 0.3) is 5.56 Å². The summed E-state index contributed by atoms with van der Waals surface area (Å²) in [6.07, 6.45) is 1.33. The average molecular weight is 441 g/mol. The molecule has 3 heterocycles. The Morgan fingerprint density at radius 3 is 2.97 bits per heavy atom. The van der Waals surface area contributed by atoms with Crippen LogP contribution in [-0.4, -0.2) is 44.9 Å². The third-order valence-electron chi connectivity index (χ3n) is 4.72. The van der Waals surface area contributed by atoms with Crippen molar-refractivity contribution in [3.63, 3.8) is 0 Å². The summed E-state index contributed by atoms with van der Waals surface area (Å²) in [5.41, 5.74) is 0.819. The number of hydrogen-bond donors (Lipinski definition) is 2. The molecule has 11 heteroatoms. The van der Waals surface area contributed by atoms with Crippen molar-refractivity contribution >= 4 is 24.0 Å². The first-order valence-corrected chi connectivity index (χ1v) is 9.22. The molecule has 29 heavy (non-hydrogen) atoms. The van der Waals surface area contributed by atoms with Gasteiger partial charge in [0.1, 0.15) is 5.82 Å². The number of benzene rings is 1. The van der Waals surface area contributed by atoms with Gasteiger partial charge in [0.05, 0.1) is 23.3 Å². The maximum absolute atomic E-state index is 14.0. The minimum atomic E-state index is -0.491. The van der Waals surface area contributed by atoms with Gasteiger partial charge in [-0.05, 0) is 35.0 Å². The molecule has 0 bridgehead atoms. The molecule has 0 saturated carbocycles. The van der Waals surface area contributed by atoms with Crippen LogP contribution in [0.25, 0.3) is 11.4 Å². The highest BCUT2D eigenvalue weighted by atomic mass is 35.5. The van der Waals surface area contributed by atoms with Gasteiger partial charge in [-0.15, -0.1) is 22.6 Å². The summed E-state index contributed by atoms with van der Waals surface area (Å²) in [6.45, 7) is 2.17. The lowest BCUT2D eigenvalue weighted by Crippen LogP contribution is -2.32. The lowest BCUT2D eigenvalue weighted by atomic mass is 9.95. The van der Waals surface area contributed by atoms with Crippen molar-refractivity contribution in [2.75, 3.05) is 19.7 Å². The normalized spacial score (nSPS) is 19.4. The van der Waals surface area contributed by atoms with Crippen molar-refractivity contribution in [2.24, 2.45) is 5.92 Å². The van der Waals surface area contributed by atoms with Gasteiger partial charge in [-0.2, -0.15) is 5.21 Å². The van der Waals surface area contributed by atoms with Gasteiger partial charge in [-0.1, -0.05) is 17.7 Å². The van der Waals surface area contributed by atoms with Gasteiger partial charge >= 0.3 is 0 Å². The van der Waals surface area contributed by atoms with Crippen molar-refractivity contribution in [3.05, 3.63) is 63.3 Å². The molecule has 2 aromatic heterocycles. The van der Waals surface area contributed by atoms with E-state index < -0.39 is 5.82 Å². The topological polar surface area (TPSA) is 97.7 Å². The number of aromatic amines is 1. The first-order valence-electron chi connectivity index (χ1n) is 8.84. The molecule has 154 valence electrons. The monoisotopic (exact) mass is 440 g/mol. The Hall–Kier alpha value is -2.33. The summed E-state index contributed by atoms with van der Waals surface area (Å²) < 4.78 is 21.6. The van der Waals surface area contributed by atoms with Crippen molar-refractivity contribution in [1.82, 2.24) is 30.5 Å². The van der Waals surface area contributed by atoms with E-state index in [1.54, 1.807) is 29.0 Å². The minimum Gasteiger partial charge on any atom is -0.372 e. The quantitative estimate of drug-likeness (QED) is 0.645. The standard InChI is InChI=1S/C18H18ClFN6O2.ClH/c19-14-4-3-11(8-15(14)20)16-12(9-21-5-7-28-16)10-26-6-1-2-13(18(26)27)17-22-24-25-23-17;/h1-4,6,8,12,16,21H,5,7,9-10H2,(H,22,23,24,25);1H/t12-,16-;/m0./s1. The number of hydrogen-bond acceptors (Lipinski definition) is 6. The maximum Gasteiger partial charge on any atom is 0.261 e. The molecule has 1 aromatic carbocycles. The number of nitrogens with one attached hydrogen (secondary N) is 2. The molecule has 1 fully saturated rings. The van der Waals surface area contributed by atoms with Gasteiger partial charge in [0.15, 0.2) is 0 Å². The fourth-order valence-electron chi connectivity index (χ4n) is 3.39. The largest absolute Gasteiger partial charge is 0.372 e. The highest BCUT2D eigenvalue weighted by Gasteiger charge is 2.28. The minimum absolute atomic E-state index is 0. The van der Waals surface area contributed by atoms with E-state index >= 15 is 0 Å². The summed E-state index contributed by atoms with van der Waals surface area (Å²) in [5, 5.41) is 17.0. The van der Waals surface area contributed by atoms with Gasteiger partial charge in [-0.3, -0.25) is 4.79 Å². The summed E-state index contributed by atoms with van der Waals surface area (Å²) >= 11 is 5.81. The predicted molar refractivity (Wildman–Crippen MR) is 108 cm³/mol. The molecule has 4 rings (SSSR count). The van der Waals surface area contributed by atoms with Crippen LogP contribution in [0.4, 0.5) is 4.39 Å². The van der Waals surface area contributed by atoms with Crippen LogP contribution in [0.5, 0.6) is 0 Å². The Labute approximate surface area is 176 Å². The van der Waals surface area contributed by atoms with Gasteiger partial charge in [-0.25, -0.2) is 4.39 Å². The Morgan fingerprint density at radius 2 is 2.21 bits per heavy atom. The maximum atomic E-state index is 14.0. The van der Waals surface area contributed by atoms with Crippen LogP contribution in [0, 0.1) is 11.7 Å². The van der Waals surface area contributed by atoms with Crippen LogP contribution in [-0.2, 0) is 11.3 Å². The molecule has 0 radical (unpaired) electrons. The lowest BCUT2D eigenvalue weighted by Gasteiger charge is -2.26. The molecule has 0 amide bonds. The molecule has 1 saturated heterocycles. The second kappa shape index (κ2) is 9.45. The number of ether oxygens (including phenoxy) is 1. The van der Waals surface area contributed by atoms with Crippen LogP contribution < -0.4 is 10.9 Å². The van der Waals surface area contributed by atoms with E-state index in [-0.39, 0.29) is 40.8 Å². The second-order valence-electron chi connectivity index (χ2n) is 6.54. The zero-order valence-corrected chi connectivity index (χ0v) is 16.8. The van der Waals surface area contributed by atoms with Gasteiger partial charge in [0.2, 0.25) is 5.82 Å². The van der Waals surface area contributed by atoms with E-state index in [2.05, 4.69) is 25.9 Å². The molecule has 3 aromatic rings. The van der Waals surface area contributed by atoms with Crippen molar-refractivity contribution < 1.29 is 9.13 Å². The van der Waals surface area contributed by atoms with Crippen LogP contribution in [0.15, 0.2) is 41.3 Å². The fourth-order valence-corrected chi connectivity index (χ4v) is 3.50. The summed E-state index contributed by atoms with van der Waals surface area (Å²) in [4.78, 5) is 12.9. The molecule has 0 spiro atoms. The Balaban J connectivity index is 0.00000240. The molecule has 1 aliphatic rings. The van der Waals surface area contributed by atoms with Gasteiger partial charge < -0.3 is 14.6 Å². The zero-order chi connectivity index (χ0) is 19.5. The van der Waals surface area contributed by atoms with Crippen LogP contribution in [0.2, 0.25) is 5.02 Å². The highest BCUT2D eigenvalue weighted by molar-refractivity contribution is 6.30. The van der Waals surface area contributed by atoms with E-state index in [0.29, 0.717) is 37.4 Å². The van der Waals surface area contributed by atoms with E-state index in [1.165, 1.54) is 12.1 Å². The van der Waals surface area contributed by atoms with Crippen LogP contribution in [0.1, 0.15) is 11.7 Å². The number of tetrazole rings is 1. The van der Waals surface area contributed by atoms with E-state index in [0.717, 1.165) is 0 Å². The molecule has 2 N–H and O–H groups in total. The van der Waals surface area contributed by atoms with E-state index in [9.17, 15) is 9.18 Å². The summed E-state index contributed by atoms with van der Waals surface area (Å²) in [6, 6.07) is 8.08. The molecule has 8 nitrogen and oxygen atoms in total. The second-order valence-corrected chi connectivity index (χ2v) is 6.95. The number of rotatable bonds is 4. The number of nitrogens with zero attached hydrogens (tertiary/aromatic N) is 4. The van der Waals surface area contributed by atoms with E-state index in [4.69, 9.17) is 16.3 Å². The predicted octanol–water partition coefficient (Wildman–Crippen LogP) is 2.22. The average Bonchev–Trinajstić information content (AvgIpc) is 3.12. The Morgan fingerprint density at radius 1 is 1.34 bits per heavy atom. The molecule has 0 unspecified atom stereocenters. The van der Waals surface area contributed by atoms with Crippen LogP contribution in [0.3, 0.4) is 0 Å². The number of pyridine rings is 1. The summed E-state index contributed by atoms with van der Waals surface area (Å²) in [7, 11) is 0. The molecular formula is C18H19Cl2FN6O2. The van der Waals surface area contributed by atoms with Gasteiger partial charge in [0, 0.05) is 31.7 Å². The number of halogens is 3.